The van der Waals surface area contributed by atoms with Gasteiger partial charge in [-0.1, -0.05) is 18.2 Å². The number of benzene rings is 1. The zero-order valence-electron chi connectivity index (χ0n) is 16.2. The first-order chi connectivity index (χ1) is 14.1. The first-order valence-corrected chi connectivity index (χ1v) is 9.71. The smallest absolute Gasteiger partial charge is 0.339 e. The van der Waals surface area contributed by atoms with E-state index in [-0.39, 0.29) is 25.0 Å². The third-order valence-electron chi connectivity index (χ3n) is 4.94. The minimum Gasteiger partial charge on any atom is -0.465 e. The highest BCUT2D eigenvalue weighted by Gasteiger charge is 2.26. The predicted molar refractivity (Wildman–Crippen MR) is 110 cm³/mol. The van der Waals surface area contributed by atoms with Crippen molar-refractivity contribution in [1.29, 1.82) is 0 Å². The average molecular weight is 390 g/mol. The second-order valence-electron chi connectivity index (χ2n) is 6.99. The quantitative estimate of drug-likeness (QED) is 0.526. The minimum absolute atomic E-state index is 0.124. The van der Waals surface area contributed by atoms with E-state index in [0.717, 1.165) is 52.8 Å². The summed E-state index contributed by atoms with van der Waals surface area (Å²) in [5.74, 6) is 0.229. The van der Waals surface area contributed by atoms with Gasteiger partial charge in [-0.05, 0) is 54.7 Å². The van der Waals surface area contributed by atoms with Gasteiger partial charge in [0.1, 0.15) is 12.4 Å². The van der Waals surface area contributed by atoms with Crippen LogP contribution in [0.1, 0.15) is 47.1 Å². The summed E-state index contributed by atoms with van der Waals surface area (Å²) in [6.07, 6.45) is 6.19. The van der Waals surface area contributed by atoms with Crippen LogP contribution in [-0.2, 0) is 16.0 Å². The molecule has 1 aliphatic carbocycles. The van der Waals surface area contributed by atoms with E-state index in [2.05, 4.69) is 5.32 Å². The predicted octanol–water partition coefficient (Wildman–Crippen LogP) is 4.00. The van der Waals surface area contributed by atoms with E-state index in [1.54, 1.807) is 6.26 Å². The van der Waals surface area contributed by atoms with Gasteiger partial charge in [0, 0.05) is 12.3 Å². The lowest BCUT2D eigenvalue weighted by atomic mass is 9.86. The summed E-state index contributed by atoms with van der Waals surface area (Å²) in [6.45, 7) is 1.84. The Kier molecular flexibility index (Phi) is 5.42. The Balaban J connectivity index is 1.75. The number of esters is 1. The molecule has 0 saturated carbocycles. The number of para-hydroxylation sites is 1. The maximum Gasteiger partial charge on any atom is 0.339 e. The van der Waals surface area contributed by atoms with Crippen molar-refractivity contribution < 1.29 is 18.7 Å². The van der Waals surface area contributed by atoms with Crippen LogP contribution in [0, 0.1) is 0 Å². The number of hydrogen-bond acceptors (Lipinski definition) is 5. The van der Waals surface area contributed by atoms with Crippen LogP contribution in [0.3, 0.4) is 0 Å². The monoisotopic (exact) mass is 390 g/mol. The van der Waals surface area contributed by atoms with Crippen LogP contribution >= 0.6 is 0 Å². The summed E-state index contributed by atoms with van der Waals surface area (Å²) in [4.78, 5) is 28.9. The Labute approximate surface area is 168 Å². The molecule has 6 nitrogen and oxygen atoms in total. The summed E-state index contributed by atoms with van der Waals surface area (Å²) >= 11 is 0. The van der Waals surface area contributed by atoms with Gasteiger partial charge in [0.25, 0.3) is 0 Å². The zero-order chi connectivity index (χ0) is 20.2. The molecule has 6 heteroatoms. The number of amides is 1. The number of rotatable bonds is 5. The third-order valence-corrected chi connectivity index (χ3v) is 4.94. The van der Waals surface area contributed by atoms with E-state index >= 15 is 0 Å². The SMILES string of the molecule is CC(=O)NCCOC(=O)c1c2c(nc3ccccc13)C(=Cc1ccco1)CCC2. The second kappa shape index (κ2) is 8.31. The van der Waals surface area contributed by atoms with E-state index in [4.69, 9.17) is 14.1 Å². The Bertz CT molecular complexity index is 1080. The molecule has 0 atom stereocenters. The first-order valence-electron chi connectivity index (χ1n) is 9.71. The molecule has 0 aliphatic heterocycles. The molecule has 0 bridgehead atoms. The standard InChI is InChI=1S/C23H22N2O4/c1-15(26)24-11-13-29-23(27)21-18-8-2-3-10-20(18)25-22-16(6-4-9-19(21)22)14-17-7-5-12-28-17/h2-3,5,7-8,10,12,14H,4,6,9,11,13H2,1H3,(H,24,26). The largest absolute Gasteiger partial charge is 0.465 e. The topological polar surface area (TPSA) is 81.4 Å². The van der Waals surface area contributed by atoms with Crippen LogP contribution in [0.4, 0.5) is 0 Å². The van der Waals surface area contributed by atoms with E-state index in [0.29, 0.717) is 5.56 Å². The van der Waals surface area contributed by atoms with Crippen LogP contribution in [0.25, 0.3) is 22.6 Å². The van der Waals surface area contributed by atoms with Crippen molar-refractivity contribution in [1.82, 2.24) is 10.3 Å². The molecular formula is C23H22N2O4. The molecule has 4 rings (SSSR count). The van der Waals surface area contributed by atoms with E-state index in [1.165, 1.54) is 6.92 Å². The molecule has 0 radical (unpaired) electrons. The number of furan rings is 1. The molecule has 0 spiro atoms. The van der Waals surface area contributed by atoms with Crippen molar-refractivity contribution >= 4 is 34.4 Å². The molecular weight excluding hydrogens is 368 g/mol. The number of allylic oxidation sites excluding steroid dienone is 1. The maximum absolute atomic E-state index is 13.0. The fourth-order valence-electron chi connectivity index (χ4n) is 3.70. The summed E-state index contributed by atoms with van der Waals surface area (Å²) in [7, 11) is 0. The third kappa shape index (κ3) is 4.06. The normalized spacial score (nSPS) is 14.6. The van der Waals surface area contributed by atoms with Crippen LogP contribution in [-0.4, -0.2) is 30.0 Å². The zero-order valence-corrected chi connectivity index (χ0v) is 16.2. The molecule has 29 heavy (non-hydrogen) atoms. The number of pyridine rings is 1. The number of hydrogen-bond donors (Lipinski definition) is 1. The lowest BCUT2D eigenvalue weighted by Gasteiger charge is -2.22. The molecule has 2 aromatic heterocycles. The summed E-state index contributed by atoms with van der Waals surface area (Å²) in [5, 5.41) is 3.42. The highest BCUT2D eigenvalue weighted by molar-refractivity contribution is 6.06. The minimum atomic E-state index is -0.385. The van der Waals surface area contributed by atoms with E-state index in [9.17, 15) is 9.59 Å². The lowest BCUT2D eigenvalue weighted by Crippen LogP contribution is -2.26. The van der Waals surface area contributed by atoms with Crippen LogP contribution < -0.4 is 5.32 Å². The molecule has 0 unspecified atom stereocenters. The summed E-state index contributed by atoms with van der Waals surface area (Å²) in [5.41, 5.74) is 4.13. The maximum atomic E-state index is 13.0. The van der Waals surface area contributed by atoms with Crippen molar-refractivity contribution in [3.63, 3.8) is 0 Å². The molecule has 1 amide bonds. The van der Waals surface area contributed by atoms with Crippen molar-refractivity contribution in [2.75, 3.05) is 13.2 Å². The summed E-state index contributed by atoms with van der Waals surface area (Å²) in [6, 6.07) is 11.4. The molecule has 148 valence electrons. The first kappa shape index (κ1) is 18.9. The molecule has 1 aliphatic rings. The van der Waals surface area contributed by atoms with E-state index < -0.39 is 0 Å². The Morgan fingerprint density at radius 2 is 2.07 bits per heavy atom. The number of ether oxygens (including phenoxy) is 1. The van der Waals surface area contributed by atoms with Gasteiger partial charge in [-0.2, -0.15) is 0 Å². The van der Waals surface area contributed by atoms with Crippen molar-refractivity contribution in [2.45, 2.75) is 26.2 Å². The molecule has 2 heterocycles. The lowest BCUT2D eigenvalue weighted by molar-refractivity contribution is -0.119. The highest BCUT2D eigenvalue weighted by Crippen LogP contribution is 2.36. The molecule has 1 aromatic carbocycles. The number of carbonyl (C=O) groups excluding carboxylic acids is 2. The summed E-state index contributed by atoms with van der Waals surface area (Å²) < 4.78 is 10.9. The number of nitrogens with zero attached hydrogens (tertiary/aromatic N) is 1. The highest BCUT2D eigenvalue weighted by atomic mass is 16.5. The van der Waals surface area contributed by atoms with Crippen molar-refractivity contribution in [2.24, 2.45) is 0 Å². The van der Waals surface area contributed by atoms with Gasteiger partial charge in [-0.3, -0.25) is 4.79 Å². The van der Waals surface area contributed by atoms with Gasteiger partial charge in [0.05, 0.1) is 29.6 Å². The molecule has 3 aromatic rings. The Morgan fingerprint density at radius 1 is 1.21 bits per heavy atom. The Morgan fingerprint density at radius 3 is 2.86 bits per heavy atom. The number of nitrogens with one attached hydrogen (secondary N) is 1. The molecule has 1 N–H and O–H groups in total. The van der Waals surface area contributed by atoms with Crippen LogP contribution in [0.15, 0.2) is 47.1 Å². The van der Waals surface area contributed by atoms with Gasteiger partial charge in [0.2, 0.25) is 5.91 Å². The van der Waals surface area contributed by atoms with Gasteiger partial charge in [0.15, 0.2) is 0 Å². The average Bonchev–Trinajstić information content (AvgIpc) is 3.22. The van der Waals surface area contributed by atoms with Gasteiger partial charge < -0.3 is 14.5 Å². The number of fused-ring (bicyclic) bond motifs is 2. The fourth-order valence-corrected chi connectivity index (χ4v) is 3.70. The van der Waals surface area contributed by atoms with Gasteiger partial charge in [-0.25, -0.2) is 9.78 Å². The molecule has 0 saturated heterocycles. The van der Waals surface area contributed by atoms with Gasteiger partial charge in [-0.15, -0.1) is 0 Å². The van der Waals surface area contributed by atoms with Crippen molar-refractivity contribution in [3.05, 3.63) is 65.2 Å². The number of aromatic nitrogens is 1. The fraction of sp³-hybridized carbons (Fsp3) is 0.261. The van der Waals surface area contributed by atoms with Gasteiger partial charge >= 0.3 is 5.97 Å². The van der Waals surface area contributed by atoms with Crippen LogP contribution in [0.5, 0.6) is 0 Å². The second-order valence-corrected chi connectivity index (χ2v) is 6.99. The Hall–Kier alpha value is -3.41. The van der Waals surface area contributed by atoms with Crippen LogP contribution in [0.2, 0.25) is 0 Å². The molecule has 0 fully saturated rings. The number of carbonyl (C=O) groups is 2. The van der Waals surface area contributed by atoms with E-state index in [1.807, 2.05) is 42.5 Å². The van der Waals surface area contributed by atoms with Crippen molar-refractivity contribution in [3.8, 4) is 0 Å².